The number of fused-ring (bicyclic) bond motifs is 10. The van der Waals surface area contributed by atoms with E-state index in [1.165, 1.54) is 5.56 Å². The Kier molecular flexibility index (Phi) is 6.22. The molecule has 11 aromatic rings. The molecule has 3 aromatic heterocycles. The molecule has 0 saturated carbocycles. The van der Waals surface area contributed by atoms with E-state index < -0.39 is 0 Å². The summed E-state index contributed by atoms with van der Waals surface area (Å²) in [6.07, 6.45) is 0. The second-order valence-corrected chi connectivity index (χ2v) is 13.2. The summed E-state index contributed by atoms with van der Waals surface area (Å²) in [7, 11) is 0. The Morgan fingerprint density at radius 2 is 0.885 bits per heavy atom. The fourth-order valence-electron chi connectivity index (χ4n) is 7.95. The summed E-state index contributed by atoms with van der Waals surface area (Å²) < 4.78 is 20.0. The lowest BCUT2D eigenvalue weighted by molar-refractivity contribution is 0.663. The van der Waals surface area contributed by atoms with Crippen molar-refractivity contribution >= 4 is 82.9 Å². The van der Waals surface area contributed by atoms with Crippen LogP contribution in [0.3, 0.4) is 0 Å². The van der Waals surface area contributed by atoms with Crippen molar-refractivity contribution in [3.8, 4) is 22.3 Å². The van der Waals surface area contributed by atoms with Crippen LogP contribution < -0.4 is 4.90 Å². The summed E-state index contributed by atoms with van der Waals surface area (Å²) in [6, 6.07) is 61.2. The van der Waals surface area contributed by atoms with Crippen LogP contribution in [-0.4, -0.2) is 0 Å². The van der Waals surface area contributed by atoms with Gasteiger partial charge in [-0.1, -0.05) is 121 Å². The topological polar surface area (TPSA) is 42.7 Å². The monoisotopic (exact) mass is 667 g/mol. The third kappa shape index (κ3) is 4.28. The van der Waals surface area contributed by atoms with Gasteiger partial charge in [-0.15, -0.1) is 0 Å². The van der Waals surface area contributed by atoms with Crippen molar-refractivity contribution in [2.75, 3.05) is 4.90 Å². The second-order valence-electron chi connectivity index (χ2n) is 13.2. The molecule has 52 heavy (non-hydrogen) atoms. The number of benzene rings is 8. The van der Waals surface area contributed by atoms with Crippen molar-refractivity contribution in [2.24, 2.45) is 0 Å². The maximum absolute atomic E-state index is 7.05. The fraction of sp³-hybridized carbons (Fsp3) is 0. The van der Waals surface area contributed by atoms with Crippen molar-refractivity contribution in [3.05, 3.63) is 176 Å². The Morgan fingerprint density at radius 1 is 0.308 bits per heavy atom. The number of hydrogen-bond donors (Lipinski definition) is 0. The molecule has 0 unspecified atom stereocenters. The molecule has 0 saturated heterocycles. The maximum Gasteiger partial charge on any atom is 0.160 e. The van der Waals surface area contributed by atoms with E-state index in [9.17, 15) is 0 Å². The smallest absolute Gasteiger partial charge is 0.160 e. The van der Waals surface area contributed by atoms with E-state index in [1.807, 2.05) is 42.5 Å². The minimum absolute atomic E-state index is 0.786. The summed E-state index contributed by atoms with van der Waals surface area (Å²) in [6.45, 7) is 0. The maximum atomic E-state index is 7.05. The van der Waals surface area contributed by atoms with Crippen LogP contribution in [0.25, 0.3) is 88.1 Å². The highest BCUT2D eigenvalue weighted by molar-refractivity contribution is 6.28. The molecule has 0 bridgehead atoms. The largest absolute Gasteiger partial charge is 0.456 e. The summed E-state index contributed by atoms with van der Waals surface area (Å²) in [4.78, 5) is 2.32. The first-order valence-electron chi connectivity index (χ1n) is 17.5. The van der Waals surface area contributed by atoms with E-state index in [4.69, 9.17) is 13.3 Å². The van der Waals surface area contributed by atoms with Gasteiger partial charge >= 0.3 is 0 Å². The molecule has 0 radical (unpaired) electrons. The normalized spacial score (nSPS) is 11.8. The van der Waals surface area contributed by atoms with Gasteiger partial charge in [0.2, 0.25) is 0 Å². The van der Waals surface area contributed by atoms with Crippen LogP contribution in [0.5, 0.6) is 0 Å². The number of anilines is 3. The predicted molar refractivity (Wildman–Crippen MR) is 214 cm³/mol. The molecule has 11 rings (SSSR count). The SMILES string of the molecule is c1ccc(-c2ccc(N(c3ccccc3)c3c(-c4cccc5c4oc4ccccc45)ccc4c3oc3ccc5oc6ccccc6c5c34)cc2)cc1. The first-order chi connectivity index (χ1) is 25.8. The van der Waals surface area contributed by atoms with Crippen molar-refractivity contribution in [2.45, 2.75) is 0 Å². The van der Waals surface area contributed by atoms with Crippen molar-refractivity contribution in [1.82, 2.24) is 0 Å². The number of nitrogens with zero attached hydrogens (tertiary/aromatic N) is 1. The fourth-order valence-corrected chi connectivity index (χ4v) is 7.95. The summed E-state index contributed by atoms with van der Waals surface area (Å²) in [5.74, 6) is 0. The van der Waals surface area contributed by atoms with E-state index in [2.05, 4.69) is 138 Å². The first-order valence-corrected chi connectivity index (χ1v) is 17.5. The molecule has 0 fully saturated rings. The molecule has 3 heterocycles. The van der Waals surface area contributed by atoms with Gasteiger partial charge in [-0.3, -0.25) is 0 Å². The number of rotatable bonds is 5. The van der Waals surface area contributed by atoms with Gasteiger partial charge in [-0.05, 0) is 65.7 Å². The lowest BCUT2D eigenvalue weighted by atomic mass is 9.96. The van der Waals surface area contributed by atoms with Crippen LogP contribution in [0.4, 0.5) is 17.1 Å². The highest BCUT2D eigenvalue weighted by Gasteiger charge is 2.27. The zero-order chi connectivity index (χ0) is 34.2. The number of para-hydroxylation sites is 4. The minimum atomic E-state index is 0.786. The average molecular weight is 668 g/mol. The third-order valence-electron chi connectivity index (χ3n) is 10.3. The Morgan fingerprint density at radius 3 is 1.67 bits per heavy atom. The van der Waals surface area contributed by atoms with E-state index in [0.717, 1.165) is 99.6 Å². The Labute approximate surface area is 298 Å². The Balaban J connectivity index is 1.26. The quantitative estimate of drug-likeness (QED) is 0.183. The first kappa shape index (κ1) is 28.8. The highest BCUT2D eigenvalue weighted by atomic mass is 16.3. The second kappa shape index (κ2) is 11.2. The molecule has 0 atom stereocenters. The molecule has 0 spiro atoms. The zero-order valence-corrected chi connectivity index (χ0v) is 27.9. The Bertz CT molecular complexity index is 3110. The van der Waals surface area contributed by atoms with Gasteiger partial charge in [0.05, 0.1) is 5.69 Å². The molecule has 0 amide bonds. The van der Waals surface area contributed by atoms with Crippen molar-refractivity contribution in [1.29, 1.82) is 0 Å². The van der Waals surface area contributed by atoms with Crippen LogP contribution >= 0.6 is 0 Å². The Hall–Kier alpha value is -7.04. The van der Waals surface area contributed by atoms with Crippen LogP contribution in [0.1, 0.15) is 0 Å². The molecule has 0 aliphatic rings. The standard InChI is InChI=1S/C48H29NO3/c1-3-12-30(13-4-1)31-22-24-33(25-23-31)49(32-14-5-2-6-15-32)46-35(37-19-11-18-36-34-16-7-9-20-40(34)51-47(36)37)26-27-39-45-43(52-48(39)46)29-28-42-44(45)38-17-8-10-21-41(38)50-42/h1-29H. The predicted octanol–water partition coefficient (Wildman–Crippen LogP) is 14.2. The lowest BCUT2D eigenvalue weighted by Gasteiger charge is -2.28. The molecule has 4 heteroatoms. The molecule has 0 N–H and O–H groups in total. The molecule has 0 aliphatic carbocycles. The van der Waals surface area contributed by atoms with Gasteiger partial charge in [0.25, 0.3) is 0 Å². The lowest BCUT2D eigenvalue weighted by Crippen LogP contribution is -2.11. The molecular weight excluding hydrogens is 639 g/mol. The van der Waals surface area contributed by atoms with Crippen LogP contribution in [0.15, 0.2) is 189 Å². The van der Waals surface area contributed by atoms with Crippen molar-refractivity contribution < 1.29 is 13.3 Å². The highest BCUT2D eigenvalue weighted by Crippen LogP contribution is 2.51. The van der Waals surface area contributed by atoms with Crippen LogP contribution in [0, 0.1) is 0 Å². The zero-order valence-electron chi connectivity index (χ0n) is 27.9. The van der Waals surface area contributed by atoms with Gasteiger partial charge in [-0.25, -0.2) is 0 Å². The summed E-state index contributed by atoms with van der Waals surface area (Å²) in [5, 5.41) is 6.36. The van der Waals surface area contributed by atoms with E-state index >= 15 is 0 Å². The molecule has 244 valence electrons. The van der Waals surface area contributed by atoms with Gasteiger partial charge < -0.3 is 18.2 Å². The van der Waals surface area contributed by atoms with Crippen LogP contribution in [0.2, 0.25) is 0 Å². The minimum Gasteiger partial charge on any atom is -0.456 e. The van der Waals surface area contributed by atoms with Crippen LogP contribution in [-0.2, 0) is 0 Å². The molecule has 4 nitrogen and oxygen atoms in total. The van der Waals surface area contributed by atoms with E-state index in [-0.39, 0.29) is 0 Å². The molecular formula is C48H29NO3. The van der Waals surface area contributed by atoms with E-state index in [0.29, 0.717) is 0 Å². The van der Waals surface area contributed by atoms with Gasteiger partial charge in [0.1, 0.15) is 27.9 Å². The summed E-state index contributed by atoms with van der Waals surface area (Å²) >= 11 is 0. The number of hydrogen-bond acceptors (Lipinski definition) is 4. The van der Waals surface area contributed by atoms with Gasteiger partial charge in [0, 0.05) is 54.8 Å². The van der Waals surface area contributed by atoms with Gasteiger partial charge in [0.15, 0.2) is 5.58 Å². The molecule has 8 aromatic carbocycles. The summed E-state index contributed by atoms with van der Waals surface area (Å²) in [5.41, 5.74) is 12.3. The van der Waals surface area contributed by atoms with E-state index in [1.54, 1.807) is 0 Å². The third-order valence-corrected chi connectivity index (χ3v) is 10.3. The van der Waals surface area contributed by atoms with Gasteiger partial charge in [-0.2, -0.15) is 0 Å². The average Bonchev–Trinajstić information content (AvgIpc) is 3.90. The van der Waals surface area contributed by atoms with Crippen molar-refractivity contribution in [3.63, 3.8) is 0 Å². The molecule has 0 aliphatic heterocycles. The number of furan rings is 3.